The van der Waals surface area contributed by atoms with Crippen LogP contribution in [0.15, 0.2) is 22.4 Å². The first-order chi connectivity index (χ1) is 9.15. The summed E-state index contributed by atoms with van der Waals surface area (Å²) >= 11 is 1.42. The van der Waals surface area contributed by atoms with E-state index in [1.807, 2.05) is 6.07 Å². The highest BCUT2D eigenvalue weighted by Crippen LogP contribution is 2.36. The summed E-state index contributed by atoms with van der Waals surface area (Å²) in [5.74, 6) is 2.24. The van der Waals surface area contributed by atoms with E-state index in [-0.39, 0.29) is 11.6 Å². The van der Waals surface area contributed by atoms with Gasteiger partial charge in [0.1, 0.15) is 0 Å². The van der Waals surface area contributed by atoms with E-state index in [4.69, 9.17) is 12.2 Å². The monoisotopic (exact) mass is 276 g/mol. The molecule has 0 aromatic carbocycles. The molecule has 2 rings (SSSR count). The minimum atomic E-state index is -0.375. The normalized spacial score (nSPS) is 15.1. The van der Waals surface area contributed by atoms with Gasteiger partial charge in [-0.3, -0.25) is 4.79 Å². The molecular formula is C13H16N4OS. The van der Waals surface area contributed by atoms with Crippen LogP contribution in [0.4, 0.5) is 0 Å². The van der Waals surface area contributed by atoms with Crippen molar-refractivity contribution in [2.24, 2.45) is 16.0 Å². The maximum absolute atomic E-state index is 11.0. The molecule has 1 aliphatic heterocycles. The molecule has 0 spiro atoms. The molecule has 0 saturated carbocycles. The summed E-state index contributed by atoms with van der Waals surface area (Å²) in [6, 6.07) is 3.67. The smallest absolute Gasteiger partial charge is 0.258 e. The van der Waals surface area contributed by atoms with Crippen LogP contribution in [-0.4, -0.2) is 18.1 Å². The second kappa shape index (κ2) is 5.95. The summed E-state index contributed by atoms with van der Waals surface area (Å²) in [7, 11) is 0. The van der Waals surface area contributed by atoms with Crippen molar-refractivity contribution in [1.29, 1.82) is 0 Å². The molecule has 1 amide bonds. The molecule has 1 aliphatic rings. The number of hydrogen-bond donors (Lipinski definition) is 2. The lowest BCUT2D eigenvalue weighted by Gasteiger charge is -2.09. The highest BCUT2D eigenvalue weighted by Gasteiger charge is 2.38. The van der Waals surface area contributed by atoms with E-state index < -0.39 is 0 Å². The van der Waals surface area contributed by atoms with Crippen LogP contribution in [0.5, 0.6) is 0 Å². The van der Waals surface area contributed by atoms with E-state index in [0.717, 1.165) is 30.8 Å². The van der Waals surface area contributed by atoms with E-state index in [1.54, 1.807) is 6.07 Å². The first-order valence-corrected chi connectivity index (χ1v) is 6.94. The Kier molecular flexibility index (Phi) is 4.30. The largest absolute Gasteiger partial charge is 0.365 e. The van der Waals surface area contributed by atoms with Gasteiger partial charge in [-0.15, -0.1) is 23.7 Å². The van der Waals surface area contributed by atoms with Gasteiger partial charge in [-0.1, -0.05) is 0 Å². The Morgan fingerprint density at radius 3 is 2.84 bits per heavy atom. The van der Waals surface area contributed by atoms with Gasteiger partial charge in [0, 0.05) is 30.7 Å². The molecule has 1 aromatic rings. The van der Waals surface area contributed by atoms with Crippen molar-refractivity contribution in [3.8, 4) is 12.3 Å². The van der Waals surface area contributed by atoms with Crippen molar-refractivity contribution in [2.45, 2.75) is 31.5 Å². The van der Waals surface area contributed by atoms with Crippen LogP contribution in [0.3, 0.4) is 0 Å². The second-order valence-electron chi connectivity index (χ2n) is 4.44. The lowest BCUT2D eigenvalue weighted by Crippen LogP contribution is -2.21. The minimum absolute atomic E-state index is 0.229. The number of primary amides is 1. The molecule has 0 radical (unpaired) electrons. The molecule has 3 N–H and O–H groups in total. The average Bonchev–Trinajstić information content (AvgIpc) is 2.99. The third kappa shape index (κ3) is 3.88. The van der Waals surface area contributed by atoms with Crippen molar-refractivity contribution in [3.63, 3.8) is 0 Å². The fraction of sp³-hybridized carbons (Fsp3) is 0.462. The van der Waals surface area contributed by atoms with Gasteiger partial charge < -0.3 is 11.1 Å². The summed E-state index contributed by atoms with van der Waals surface area (Å²) in [6.45, 7) is 1.55. The fourth-order valence-corrected chi connectivity index (χ4v) is 2.60. The molecule has 1 aromatic heterocycles. The van der Waals surface area contributed by atoms with E-state index >= 15 is 0 Å². The van der Waals surface area contributed by atoms with Crippen molar-refractivity contribution in [2.75, 3.05) is 6.54 Å². The molecule has 19 heavy (non-hydrogen) atoms. The number of terminal acetylenes is 1. The lowest BCUT2D eigenvalue weighted by molar-refractivity contribution is 0.100. The minimum Gasteiger partial charge on any atom is -0.365 e. The van der Waals surface area contributed by atoms with Gasteiger partial charge in [-0.25, -0.2) is 0 Å². The quantitative estimate of drug-likeness (QED) is 0.562. The van der Waals surface area contributed by atoms with Gasteiger partial charge in [0.2, 0.25) is 0 Å². The Balaban J connectivity index is 1.67. The van der Waals surface area contributed by atoms with Gasteiger partial charge >= 0.3 is 0 Å². The van der Waals surface area contributed by atoms with E-state index in [2.05, 4.69) is 21.5 Å². The number of rotatable bonds is 8. The number of nitrogens with one attached hydrogen (secondary N) is 1. The number of nitrogens with zero attached hydrogens (tertiary/aromatic N) is 2. The lowest BCUT2D eigenvalue weighted by atomic mass is 10.0. The van der Waals surface area contributed by atoms with Crippen LogP contribution in [-0.2, 0) is 6.54 Å². The summed E-state index contributed by atoms with van der Waals surface area (Å²) in [6.07, 6.45) is 7.64. The Bertz CT molecular complexity index is 523. The predicted octanol–water partition coefficient (Wildman–Crippen LogP) is 1.90. The van der Waals surface area contributed by atoms with Gasteiger partial charge in [0.05, 0.1) is 4.88 Å². The third-order valence-corrected chi connectivity index (χ3v) is 4.06. The maximum atomic E-state index is 11.0. The molecule has 2 heterocycles. The average molecular weight is 276 g/mol. The first-order valence-electron chi connectivity index (χ1n) is 6.12. The van der Waals surface area contributed by atoms with Crippen LogP contribution in [0.25, 0.3) is 0 Å². The van der Waals surface area contributed by atoms with Gasteiger partial charge in [0.15, 0.2) is 5.66 Å². The van der Waals surface area contributed by atoms with Crippen LogP contribution < -0.4 is 11.1 Å². The van der Waals surface area contributed by atoms with Crippen molar-refractivity contribution < 1.29 is 4.79 Å². The summed E-state index contributed by atoms with van der Waals surface area (Å²) in [5, 5.41) is 11.5. The molecule has 0 saturated heterocycles. The van der Waals surface area contributed by atoms with Crippen molar-refractivity contribution >= 4 is 17.2 Å². The molecule has 5 nitrogen and oxygen atoms in total. The third-order valence-electron chi connectivity index (χ3n) is 2.96. The maximum Gasteiger partial charge on any atom is 0.258 e. The fourth-order valence-electron chi connectivity index (χ4n) is 1.77. The molecule has 0 aliphatic carbocycles. The van der Waals surface area contributed by atoms with Crippen LogP contribution in [0, 0.1) is 12.3 Å². The molecule has 0 unspecified atom stereocenters. The van der Waals surface area contributed by atoms with Gasteiger partial charge in [-0.05, 0) is 18.7 Å². The summed E-state index contributed by atoms with van der Waals surface area (Å²) in [5.41, 5.74) is 4.97. The number of hydrogen-bond acceptors (Lipinski definition) is 5. The standard InChI is InChI=1S/C13H16N4OS/c1-2-3-6-13(16-17-13)7-8-15-9-10-4-5-11(19-10)12(14)18/h1,4-5,15H,3,6-9H2,(H2,14,18). The topological polar surface area (TPSA) is 79.8 Å². The second-order valence-corrected chi connectivity index (χ2v) is 5.61. The van der Waals surface area contributed by atoms with E-state index in [9.17, 15) is 4.79 Å². The zero-order chi connectivity index (χ0) is 13.7. The number of carbonyl (C=O) groups is 1. The van der Waals surface area contributed by atoms with Crippen molar-refractivity contribution in [3.05, 3.63) is 21.9 Å². The van der Waals surface area contributed by atoms with Gasteiger partial charge in [0.25, 0.3) is 5.91 Å². The highest BCUT2D eigenvalue weighted by molar-refractivity contribution is 7.14. The van der Waals surface area contributed by atoms with Crippen LogP contribution in [0.2, 0.25) is 0 Å². The summed E-state index contributed by atoms with van der Waals surface area (Å²) < 4.78 is 0. The molecule has 0 atom stereocenters. The van der Waals surface area contributed by atoms with E-state index in [1.165, 1.54) is 11.3 Å². The zero-order valence-corrected chi connectivity index (χ0v) is 11.4. The predicted molar refractivity (Wildman–Crippen MR) is 74.8 cm³/mol. The molecule has 6 heteroatoms. The SMILES string of the molecule is C#CCCC1(CCNCc2ccc(C(N)=O)s2)N=N1. The first kappa shape index (κ1) is 13.7. The van der Waals surface area contributed by atoms with E-state index in [0.29, 0.717) is 11.3 Å². The van der Waals surface area contributed by atoms with Crippen molar-refractivity contribution in [1.82, 2.24) is 5.32 Å². The van der Waals surface area contributed by atoms with Crippen LogP contribution in [0.1, 0.15) is 33.8 Å². The number of amides is 1. The highest BCUT2D eigenvalue weighted by atomic mass is 32.1. The Morgan fingerprint density at radius 2 is 2.26 bits per heavy atom. The van der Waals surface area contributed by atoms with Crippen LogP contribution >= 0.6 is 11.3 Å². The number of nitrogens with two attached hydrogens (primary N) is 1. The molecule has 0 fully saturated rings. The van der Waals surface area contributed by atoms with Gasteiger partial charge in [-0.2, -0.15) is 10.2 Å². The molecular weight excluding hydrogens is 260 g/mol. The molecule has 100 valence electrons. The number of thiophene rings is 1. The molecule has 0 bridgehead atoms. The Hall–Kier alpha value is -1.71. The Labute approximate surface area is 116 Å². The Morgan fingerprint density at radius 1 is 1.47 bits per heavy atom. The number of carbonyl (C=O) groups excluding carboxylic acids is 1. The summed E-state index contributed by atoms with van der Waals surface area (Å²) in [4.78, 5) is 12.6. The zero-order valence-electron chi connectivity index (χ0n) is 10.6.